The van der Waals surface area contributed by atoms with E-state index in [0.717, 1.165) is 23.8 Å². The molecule has 2 aromatic rings. The summed E-state index contributed by atoms with van der Waals surface area (Å²) in [5.74, 6) is -3.35. The lowest BCUT2D eigenvalue weighted by Crippen LogP contribution is -2.57. The number of carboxylic acids is 1. The molecule has 0 fully saturated rings. The van der Waals surface area contributed by atoms with Crippen LogP contribution in [0, 0.1) is 0 Å². The summed E-state index contributed by atoms with van der Waals surface area (Å²) in [5, 5.41) is 26.3. The molecule has 0 aliphatic rings. The highest BCUT2D eigenvalue weighted by atomic mass is 19.4. The molecule has 0 spiro atoms. The fraction of sp³-hybridized carbons (Fsp3) is 0.348. The molecule has 8 nitrogen and oxygen atoms in total. The van der Waals surface area contributed by atoms with Gasteiger partial charge in [-0.05, 0) is 43.1 Å². The van der Waals surface area contributed by atoms with Crippen LogP contribution >= 0.6 is 0 Å². The Bertz CT molecular complexity index is 985. The molecule has 2 rings (SSSR count). The number of likely N-dealkylation sites (N-methyl/N-ethyl adjacent to an activating group) is 1. The van der Waals surface area contributed by atoms with Crippen molar-refractivity contribution in [1.29, 1.82) is 0 Å². The third-order valence-corrected chi connectivity index (χ3v) is 4.93. The molecule has 2 aromatic carbocycles. The number of carbonyl (C=O) groups excluding carboxylic acids is 2. The van der Waals surface area contributed by atoms with Crippen molar-refractivity contribution in [2.24, 2.45) is 0 Å². The predicted octanol–water partition coefficient (Wildman–Crippen LogP) is 2.19. The average molecular weight is 481 g/mol. The van der Waals surface area contributed by atoms with Crippen molar-refractivity contribution in [1.82, 2.24) is 10.6 Å². The number of anilines is 1. The average Bonchev–Trinajstić information content (AvgIpc) is 2.79. The molecule has 0 saturated carbocycles. The van der Waals surface area contributed by atoms with Gasteiger partial charge in [0.05, 0.1) is 5.56 Å². The molecular weight excluding hydrogens is 455 g/mol. The lowest BCUT2D eigenvalue weighted by atomic mass is 10.0. The molecule has 184 valence electrons. The van der Waals surface area contributed by atoms with E-state index in [4.69, 9.17) is 5.11 Å². The summed E-state index contributed by atoms with van der Waals surface area (Å²) in [5.41, 5.74) is -0.220. The SMILES string of the molecule is CCNC(C(=O)NC(CCc1ccccc1)C(=O)Nc1cccc(C(F)(F)F)c1)C(O)C(=O)O. The van der Waals surface area contributed by atoms with Crippen molar-refractivity contribution < 1.29 is 37.8 Å². The summed E-state index contributed by atoms with van der Waals surface area (Å²) >= 11 is 0. The Labute approximate surface area is 194 Å². The van der Waals surface area contributed by atoms with Crippen LogP contribution in [0.15, 0.2) is 54.6 Å². The molecular formula is C23H26F3N3O5. The zero-order chi connectivity index (χ0) is 25.3. The van der Waals surface area contributed by atoms with Crippen LogP contribution in [0.2, 0.25) is 0 Å². The highest BCUT2D eigenvalue weighted by Gasteiger charge is 2.34. The zero-order valence-corrected chi connectivity index (χ0v) is 18.3. The first-order valence-electron chi connectivity index (χ1n) is 10.5. The summed E-state index contributed by atoms with van der Waals surface area (Å²) in [4.78, 5) is 36.8. The molecule has 34 heavy (non-hydrogen) atoms. The van der Waals surface area contributed by atoms with Gasteiger partial charge in [0.2, 0.25) is 11.8 Å². The number of halogens is 3. The van der Waals surface area contributed by atoms with Crippen LogP contribution in [0.4, 0.5) is 18.9 Å². The molecule has 11 heteroatoms. The number of nitrogens with one attached hydrogen (secondary N) is 3. The second-order valence-electron chi connectivity index (χ2n) is 7.47. The first-order valence-corrected chi connectivity index (χ1v) is 10.5. The van der Waals surface area contributed by atoms with Gasteiger partial charge in [-0.25, -0.2) is 4.79 Å². The molecule has 0 saturated heterocycles. The Kier molecular flexibility index (Phi) is 9.58. The van der Waals surface area contributed by atoms with Gasteiger partial charge in [-0.1, -0.05) is 43.3 Å². The summed E-state index contributed by atoms with van der Waals surface area (Å²) in [6, 6.07) is 10.3. The van der Waals surface area contributed by atoms with Gasteiger partial charge < -0.3 is 26.2 Å². The third kappa shape index (κ3) is 7.85. The van der Waals surface area contributed by atoms with Gasteiger partial charge in [-0.15, -0.1) is 0 Å². The van der Waals surface area contributed by atoms with E-state index in [1.165, 1.54) is 6.07 Å². The number of amides is 2. The molecule has 3 unspecified atom stereocenters. The van der Waals surface area contributed by atoms with Crippen LogP contribution in [-0.2, 0) is 27.0 Å². The van der Waals surface area contributed by atoms with E-state index in [1.54, 1.807) is 37.3 Å². The summed E-state index contributed by atoms with van der Waals surface area (Å²) in [6.45, 7) is 1.76. The van der Waals surface area contributed by atoms with Crippen molar-refractivity contribution in [2.75, 3.05) is 11.9 Å². The van der Waals surface area contributed by atoms with Crippen molar-refractivity contribution in [3.63, 3.8) is 0 Å². The number of aliphatic hydroxyl groups is 1. The summed E-state index contributed by atoms with van der Waals surface area (Å²) in [6.07, 6.45) is -6.26. The predicted molar refractivity (Wildman–Crippen MR) is 118 cm³/mol. The van der Waals surface area contributed by atoms with E-state index in [0.29, 0.717) is 6.42 Å². The minimum absolute atomic E-state index is 0.0720. The summed E-state index contributed by atoms with van der Waals surface area (Å²) < 4.78 is 39.0. The molecule has 0 radical (unpaired) electrons. The van der Waals surface area contributed by atoms with Gasteiger partial charge in [0.1, 0.15) is 12.1 Å². The smallest absolute Gasteiger partial charge is 0.416 e. The minimum atomic E-state index is -4.60. The number of benzene rings is 2. The van der Waals surface area contributed by atoms with E-state index < -0.39 is 47.7 Å². The van der Waals surface area contributed by atoms with Crippen LogP contribution < -0.4 is 16.0 Å². The van der Waals surface area contributed by atoms with Gasteiger partial charge >= 0.3 is 12.1 Å². The van der Waals surface area contributed by atoms with Crippen LogP contribution in [0.25, 0.3) is 0 Å². The number of aliphatic hydroxyl groups excluding tert-OH is 1. The molecule has 5 N–H and O–H groups in total. The second kappa shape index (κ2) is 12.1. The van der Waals surface area contributed by atoms with Crippen LogP contribution in [0.3, 0.4) is 0 Å². The Hall–Kier alpha value is -3.44. The van der Waals surface area contributed by atoms with Gasteiger partial charge in [-0.3, -0.25) is 9.59 Å². The van der Waals surface area contributed by atoms with Crippen molar-refractivity contribution >= 4 is 23.5 Å². The van der Waals surface area contributed by atoms with E-state index in [-0.39, 0.29) is 18.7 Å². The zero-order valence-electron chi connectivity index (χ0n) is 18.3. The van der Waals surface area contributed by atoms with Crippen LogP contribution in [0.5, 0.6) is 0 Å². The minimum Gasteiger partial charge on any atom is -0.479 e. The Morgan fingerprint density at radius 1 is 1.00 bits per heavy atom. The lowest BCUT2D eigenvalue weighted by molar-refractivity contribution is -0.151. The largest absolute Gasteiger partial charge is 0.479 e. The molecule has 0 bridgehead atoms. The Balaban J connectivity index is 2.23. The number of carbonyl (C=O) groups is 3. The molecule has 0 aliphatic heterocycles. The number of hydrogen-bond donors (Lipinski definition) is 5. The van der Waals surface area contributed by atoms with E-state index in [2.05, 4.69) is 16.0 Å². The lowest BCUT2D eigenvalue weighted by Gasteiger charge is -2.24. The van der Waals surface area contributed by atoms with E-state index >= 15 is 0 Å². The maximum absolute atomic E-state index is 13.0. The van der Waals surface area contributed by atoms with Crippen molar-refractivity contribution in [3.8, 4) is 0 Å². The molecule has 0 aromatic heterocycles. The first kappa shape index (κ1) is 26.8. The maximum Gasteiger partial charge on any atom is 0.416 e. The van der Waals surface area contributed by atoms with Gasteiger partial charge in [0.25, 0.3) is 0 Å². The first-order chi connectivity index (χ1) is 16.0. The fourth-order valence-corrected chi connectivity index (χ4v) is 3.20. The number of aliphatic carboxylic acids is 1. The molecule has 0 heterocycles. The van der Waals surface area contributed by atoms with Gasteiger partial charge in [-0.2, -0.15) is 13.2 Å². The molecule has 0 aliphatic carbocycles. The van der Waals surface area contributed by atoms with Crippen molar-refractivity contribution in [2.45, 2.75) is 44.1 Å². The van der Waals surface area contributed by atoms with Crippen LogP contribution in [0.1, 0.15) is 24.5 Å². The quantitative estimate of drug-likeness (QED) is 0.335. The maximum atomic E-state index is 13.0. The number of aryl methyl sites for hydroxylation is 1. The standard InChI is InChI=1S/C23H26F3N3O5/c1-2-27-18(19(30)22(33)34)21(32)29-17(12-11-14-7-4-3-5-8-14)20(31)28-16-10-6-9-15(13-16)23(24,25)26/h3-10,13,17-19,27,30H,2,11-12H2,1H3,(H,28,31)(H,29,32)(H,33,34). The number of carboxylic acid groups (broad SMARTS) is 1. The Morgan fingerprint density at radius 3 is 2.26 bits per heavy atom. The number of rotatable bonds is 11. The molecule has 2 amide bonds. The normalized spacial score (nSPS) is 14.0. The fourth-order valence-electron chi connectivity index (χ4n) is 3.20. The molecule has 3 atom stereocenters. The van der Waals surface area contributed by atoms with Crippen LogP contribution in [-0.4, -0.2) is 52.7 Å². The topological polar surface area (TPSA) is 128 Å². The van der Waals surface area contributed by atoms with Gasteiger partial charge in [0.15, 0.2) is 6.10 Å². The highest BCUT2D eigenvalue weighted by molar-refractivity contribution is 5.98. The monoisotopic (exact) mass is 481 g/mol. The second-order valence-corrected chi connectivity index (χ2v) is 7.47. The van der Waals surface area contributed by atoms with E-state index in [9.17, 15) is 32.7 Å². The third-order valence-electron chi connectivity index (χ3n) is 4.93. The van der Waals surface area contributed by atoms with Crippen molar-refractivity contribution in [3.05, 3.63) is 65.7 Å². The Morgan fingerprint density at radius 2 is 1.68 bits per heavy atom. The number of hydrogen-bond acceptors (Lipinski definition) is 5. The summed E-state index contributed by atoms with van der Waals surface area (Å²) in [7, 11) is 0. The number of alkyl halides is 3. The van der Waals surface area contributed by atoms with E-state index in [1.807, 2.05) is 0 Å². The van der Waals surface area contributed by atoms with Gasteiger partial charge in [0, 0.05) is 5.69 Å². The highest BCUT2D eigenvalue weighted by Crippen LogP contribution is 2.30.